The predicted molar refractivity (Wildman–Crippen MR) is 144 cm³/mol. The lowest BCUT2D eigenvalue weighted by molar-refractivity contribution is 0.0976. The van der Waals surface area contributed by atoms with Crippen molar-refractivity contribution in [3.8, 4) is 5.75 Å². The number of carbonyl (C=O) groups excluding carboxylic acids is 1. The standard InChI is InChI=1S/C26H29N3O5S2/c1-3-33-16-17-34-23-11-7-10-21(18-23)25(30)28-26(35)27-22-12-14-24(15-13-22)36(31,32)29(2)19-20-8-5-4-6-9-20/h4-15,18H,3,16-17,19H2,1-2H3,(H2,27,28,30,35). The Bertz CT molecular complexity index is 1270. The summed E-state index contributed by atoms with van der Waals surface area (Å²) in [6, 6.07) is 22.3. The van der Waals surface area contributed by atoms with Crippen molar-refractivity contribution in [1.29, 1.82) is 0 Å². The summed E-state index contributed by atoms with van der Waals surface area (Å²) < 4.78 is 37.9. The summed E-state index contributed by atoms with van der Waals surface area (Å²) in [4.78, 5) is 12.7. The van der Waals surface area contributed by atoms with Crippen molar-refractivity contribution in [2.45, 2.75) is 18.4 Å². The van der Waals surface area contributed by atoms with E-state index in [1.807, 2.05) is 37.3 Å². The molecule has 0 spiro atoms. The highest BCUT2D eigenvalue weighted by molar-refractivity contribution is 7.89. The summed E-state index contributed by atoms with van der Waals surface area (Å²) in [7, 11) is -2.13. The summed E-state index contributed by atoms with van der Waals surface area (Å²) >= 11 is 5.25. The van der Waals surface area contributed by atoms with E-state index in [-0.39, 0.29) is 16.6 Å². The summed E-state index contributed by atoms with van der Waals surface area (Å²) in [5.74, 6) is 0.153. The molecule has 0 fully saturated rings. The predicted octanol–water partition coefficient (Wildman–Crippen LogP) is 4.05. The average Bonchev–Trinajstić information content (AvgIpc) is 2.87. The number of carbonyl (C=O) groups is 1. The molecule has 1 amide bonds. The van der Waals surface area contributed by atoms with Crippen molar-refractivity contribution in [2.24, 2.45) is 0 Å². The zero-order valence-electron chi connectivity index (χ0n) is 20.1. The van der Waals surface area contributed by atoms with Gasteiger partial charge in [0.25, 0.3) is 5.91 Å². The molecule has 190 valence electrons. The number of hydrogen-bond acceptors (Lipinski definition) is 6. The van der Waals surface area contributed by atoms with Crippen molar-refractivity contribution in [2.75, 3.05) is 32.2 Å². The van der Waals surface area contributed by atoms with Crippen molar-refractivity contribution in [3.05, 3.63) is 90.0 Å². The quantitative estimate of drug-likeness (QED) is 0.287. The van der Waals surface area contributed by atoms with Gasteiger partial charge in [0.2, 0.25) is 10.0 Å². The van der Waals surface area contributed by atoms with Crippen molar-refractivity contribution < 1.29 is 22.7 Å². The van der Waals surface area contributed by atoms with Gasteiger partial charge in [-0.2, -0.15) is 4.31 Å². The number of amides is 1. The Morgan fingerprint density at radius 2 is 1.69 bits per heavy atom. The molecule has 0 saturated heterocycles. The maximum atomic E-state index is 12.9. The molecule has 0 unspecified atom stereocenters. The Hall–Kier alpha value is -3.31. The fourth-order valence-electron chi connectivity index (χ4n) is 3.24. The lowest BCUT2D eigenvalue weighted by atomic mass is 10.2. The third kappa shape index (κ3) is 7.85. The lowest BCUT2D eigenvalue weighted by Crippen LogP contribution is -2.34. The lowest BCUT2D eigenvalue weighted by Gasteiger charge is -2.18. The first-order valence-electron chi connectivity index (χ1n) is 11.3. The highest BCUT2D eigenvalue weighted by Gasteiger charge is 2.21. The van der Waals surface area contributed by atoms with Gasteiger partial charge in [-0.3, -0.25) is 10.1 Å². The maximum absolute atomic E-state index is 12.9. The molecule has 0 aliphatic heterocycles. The molecule has 0 aliphatic rings. The summed E-state index contributed by atoms with van der Waals surface area (Å²) in [5.41, 5.74) is 1.82. The van der Waals surface area contributed by atoms with Crippen LogP contribution in [0, 0.1) is 0 Å². The first-order valence-corrected chi connectivity index (χ1v) is 13.2. The molecule has 0 atom stereocenters. The first-order chi connectivity index (χ1) is 17.3. The van der Waals surface area contributed by atoms with Crippen LogP contribution in [0.25, 0.3) is 0 Å². The molecule has 2 N–H and O–H groups in total. The number of thiocarbonyl (C=S) groups is 1. The van der Waals surface area contributed by atoms with Crippen LogP contribution in [0.3, 0.4) is 0 Å². The second-order valence-corrected chi connectivity index (χ2v) is 10.2. The van der Waals surface area contributed by atoms with Crippen LogP contribution in [-0.2, 0) is 21.3 Å². The van der Waals surface area contributed by atoms with Crippen molar-refractivity contribution in [1.82, 2.24) is 9.62 Å². The number of hydrogen-bond donors (Lipinski definition) is 2. The topological polar surface area (TPSA) is 97.0 Å². The molecule has 36 heavy (non-hydrogen) atoms. The highest BCUT2D eigenvalue weighted by atomic mass is 32.2. The van der Waals surface area contributed by atoms with Gasteiger partial charge in [-0.1, -0.05) is 36.4 Å². The summed E-state index contributed by atoms with van der Waals surface area (Å²) in [6.45, 7) is 3.62. The largest absolute Gasteiger partial charge is 0.491 e. The van der Waals surface area contributed by atoms with Gasteiger partial charge >= 0.3 is 0 Å². The SMILES string of the molecule is CCOCCOc1cccc(C(=O)NC(=S)Nc2ccc(S(=O)(=O)N(C)Cc3ccccc3)cc2)c1. The summed E-state index contributed by atoms with van der Waals surface area (Å²) in [5, 5.41) is 5.59. The molecule has 0 radical (unpaired) electrons. The fourth-order valence-corrected chi connectivity index (χ4v) is 4.61. The third-order valence-electron chi connectivity index (χ3n) is 5.09. The fraction of sp³-hybridized carbons (Fsp3) is 0.231. The van der Waals surface area contributed by atoms with Gasteiger partial charge in [-0.05, 0) is 67.2 Å². The van der Waals surface area contributed by atoms with E-state index in [1.165, 1.54) is 23.5 Å². The third-order valence-corrected chi connectivity index (χ3v) is 7.11. The van der Waals surface area contributed by atoms with Crippen LogP contribution >= 0.6 is 12.2 Å². The second-order valence-electron chi connectivity index (χ2n) is 7.75. The highest BCUT2D eigenvalue weighted by Crippen LogP contribution is 2.19. The number of nitrogens with one attached hydrogen (secondary N) is 2. The van der Waals surface area contributed by atoms with Crippen LogP contribution in [0.2, 0.25) is 0 Å². The Morgan fingerprint density at radius 1 is 0.972 bits per heavy atom. The summed E-state index contributed by atoms with van der Waals surface area (Å²) in [6.07, 6.45) is 0. The Labute approximate surface area is 217 Å². The number of ether oxygens (including phenoxy) is 2. The van der Waals surface area contributed by atoms with Crippen molar-refractivity contribution >= 4 is 38.9 Å². The van der Waals surface area contributed by atoms with Crippen LogP contribution in [-0.4, -0.2) is 50.6 Å². The minimum absolute atomic E-state index is 0.0828. The molecule has 8 nitrogen and oxygen atoms in total. The molecule has 0 bridgehead atoms. The van der Waals surface area contributed by atoms with Gasteiger partial charge in [0, 0.05) is 31.5 Å². The molecule has 0 heterocycles. The van der Waals surface area contributed by atoms with Crippen LogP contribution in [0.4, 0.5) is 5.69 Å². The van der Waals surface area contributed by atoms with E-state index >= 15 is 0 Å². The smallest absolute Gasteiger partial charge is 0.257 e. The number of anilines is 1. The van der Waals surface area contributed by atoms with Crippen LogP contribution in [0.15, 0.2) is 83.8 Å². The molecule has 10 heteroatoms. The Balaban J connectivity index is 1.56. The molecule has 0 aromatic heterocycles. The first kappa shape index (κ1) is 27.3. The Kier molecular flexibility index (Phi) is 9.95. The number of sulfonamides is 1. The van der Waals surface area contributed by atoms with E-state index in [9.17, 15) is 13.2 Å². The zero-order valence-corrected chi connectivity index (χ0v) is 21.8. The minimum Gasteiger partial charge on any atom is -0.491 e. The van der Waals surface area contributed by atoms with E-state index in [0.29, 0.717) is 36.8 Å². The molecule has 3 aromatic rings. The second kappa shape index (κ2) is 13.1. The molecule has 0 saturated carbocycles. The zero-order chi connectivity index (χ0) is 26.0. The molecule has 3 rings (SSSR count). The molecule has 0 aliphatic carbocycles. The average molecular weight is 528 g/mol. The van der Waals surface area contributed by atoms with E-state index in [2.05, 4.69) is 10.6 Å². The van der Waals surface area contributed by atoms with Crippen LogP contribution in [0.5, 0.6) is 5.75 Å². The molecule has 3 aromatic carbocycles. The van der Waals surface area contributed by atoms with Crippen LogP contribution < -0.4 is 15.4 Å². The normalized spacial score (nSPS) is 11.2. The van der Waals surface area contributed by atoms with E-state index in [4.69, 9.17) is 21.7 Å². The maximum Gasteiger partial charge on any atom is 0.257 e. The van der Waals surface area contributed by atoms with Gasteiger partial charge < -0.3 is 14.8 Å². The number of rotatable bonds is 11. The van der Waals surface area contributed by atoms with Gasteiger partial charge in [0.1, 0.15) is 12.4 Å². The van der Waals surface area contributed by atoms with E-state index < -0.39 is 15.9 Å². The molecular weight excluding hydrogens is 498 g/mol. The number of benzene rings is 3. The van der Waals surface area contributed by atoms with Crippen molar-refractivity contribution in [3.63, 3.8) is 0 Å². The number of nitrogens with zero attached hydrogens (tertiary/aromatic N) is 1. The molecular formula is C26H29N3O5S2. The van der Waals surface area contributed by atoms with Crippen LogP contribution in [0.1, 0.15) is 22.8 Å². The Morgan fingerprint density at radius 3 is 2.39 bits per heavy atom. The van der Waals surface area contributed by atoms with E-state index in [1.54, 1.807) is 36.4 Å². The van der Waals surface area contributed by atoms with E-state index in [0.717, 1.165) is 5.56 Å². The monoisotopic (exact) mass is 527 g/mol. The minimum atomic E-state index is -3.67. The van der Waals surface area contributed by atoms with Gasteiger partial charge in [0.15, 0.2) is 5.11 Å². The van der Waals surface area contributed by atoms with Gasteiger partial charge in [0.05, 0.1) is 11.5 Å². The van der Waals surface area contributed by atoms with Gasteiger partial charge in [-0.15, -0.1) is 0 Å². The van der Waals surface area contributed by atoms with Gasteiger partial charge in [-0.25, -0.2) is 8.42 Å².